The Morgan fingerprint density at radius 2 is 1.75 bits per heavy atom. The summed E-state index contributed by atoms with van der Waals surface area (Å²) in [6.45, 7) is 0.319. The van der Waals surface area contributed by atoms with Crippen LogP contribution in [0.1, 0.15) is 16.8 Å². The Labute approximate surface area is 161 Å². The molecular formula is C23H16FN3O. The van der Waals surface area contributed by atoms with Crippen molar-refractivity contribution in [2.24, 2.45) is 0 Å². The fourth-order valence-electron chi connectivity index (χ4n) is 2.86. The lowest BCUT2D eigenvalue weighted by Crippen LogP contribution is -2.21. The van der Waals surface area contributed by atoms with E-state index in [0.29, 0.717) is 29.6 Å². The number of benzene rings is 2. The highest BCUT2D eigenvalue weighted by molar-refractivity contribution is 5.77. The predicted octanol–water partition coefficient (Wildman–Crippen LogP) is 3.57. The summed E-state index contributed by atoms with van der Waals surface area (Å²) in [7, 11) is 0. The van der Waals surface area contributed by atoms with Gasteiger partial charge in [0.25, 0.3) is 5.56 Å². The lowest BCUT2D eigenvalue weighted by atomic mass is 10.1. The van der Waals surface area contributed by atoms with Gasteiger partial charge < -0.3 is 0 Å². The molecule has 0 unspecified atom stereocenters. The minimum absolute atomic E-state index is 0.178. The maximum atomic E-state index is 13.1. The molecule has 0 aliphatic rings. The highest BCUT2D eigenvalue weighted by atomic mass is 19.1. The van der Waals surface area contributed by atoms with Crippen molar-refractivity contribution in [1.29, 1.82) is 0 Å². The molecule has 4 aromatic rings. The van der Waals surface area contributed by atoms with E-state index in [4.69, 9.17) is 0 Å². The molecule has 28 heavy (non-hydrogen) atoms. The standard InChI is InChI=1S/C23H16FN3O/c24-19-11-9-18(10-12-19)15-27-16-26-22-14-25-20(13-21(22)23(27)28)8-4-7-17-5-2-1-3-6-17/h1-3,5-6,9-14,16H,7,15H2. The zero-order valence-electron chi connectivity index (χ0n) is 15.0. The van der Waals surface area contributed by atoms with Gasteiger partial charge in [0, 0.05) is 6.42 Å². The van der Waals surface area contributed by atoms with Crippen LogP contribution >= 0.6 is 0 Å². The SMILES string of the molecule is O=c1c2cc(C#CCc3ccccc3)ncc2ncn1Cc1ccc(F)cc1. The maximum Gasteiger partial charge on any atom is 0.261 e. The fourth-order valence-corrected chi connectivity index (χ4v) is 2.86. The molecule has 0 fully saturated rings. The molecule has 0 aliphatic carbocycles. The number of fused-ring (bicyclic) bond motifs is 1. The van der Waals surface area contributed by atoms with E-state index in [1.807, 2.05) is 30.3 Å². The Morgan fingerprint density at radius 1 is 0.964 bits per heavy atom. The summed E-state index contributed by atoms with van der Waals surface area (Å²) in [5.41, 5.74) is 2.82. The van der Waals surface area contributed by atoms with Gasteiger partial charge >= 0.3 is 0 Å². The van der Waals surface area contributed by atoms with Crippen LogP contribution in [0.2, 0.25) is 0 Å². The average molecular weight is 369 g/mol. The molecule has 0 radical (unpaired) electrons. The summed E-state index contributed by atoms with van der Waals surface area (Å²) < 4.78 is 14.6. The number of aromatic nitrogens is 3. The van der Waals surface area contributed by atoms with Gasteiger partial charge in [0.05, 0.1) is 30.0 Å². The maximum absolute atomic E-state index is 13.1. The smallest absolute Gasteiger partial charge is 0.261 e. The quantitative estimate of drug-likeness (QED) is 0.519. The summed E-state index contributed by atoms with van der Waals surface area (Å²) in [6, 6.07) is 17.7. The molecule has 4 rings (SSSR count). The minimum atomic E-state index is -0.308. The van der Waals surface area contributed by atoms with E-state index in [-0.39, 0.29) is 11.4 Å². The number of nitrogens with zero attached hydrogens (tertiary/aromatic N) is 3. The highest BCUT2D eigenvalue weighted by Crippen LogP contribution is 2.09. The number of rotatable bonds is 3. The summed E-state index contributed by atoms with van der Waals surface area (Å²) >= 11 is 0. The Balaban J connectivity index is 1.62. The van der Waals surface area contributed by atoms with Gasteiger partial charge in [-0.15, -0.1) is 0 Å². The molecular weight excluding hydrogens is 353 g/mol. The van der Waals surface area contributed by atoms with E-state index in [1.165, 1.54) is 23.0 Å². The van der Waals surface area contributed by atoms with Crippen molar-refractivity contribution < 1.29 is 4.39 Å². The first-order chi connectivity index (χ1) is 13.7. The molecule has 0 saturated carbocycles. The molecule has 2 aromatic carbocycles. The number of pyridine rings is 1. The largest absolute Gasteiger partial charge is 0.294 e. The molecule has 2 heterocycles. The molecule has 0 aliphatic heterocycles. The predicted molar refractivity (Wildman–Crippen MR) is 106 cm³/mol. The van der Waals surface area contributed by atoms with Crippen molar-refractivity contribution in [1.82, 2.24) is 14.5 Å². The molecule has 136 valence electrons. The highest BCUT2D eigenvalue weighted by Gasteiger charge is 2.06. The van der Waals surface area contributed by atoms with Crippen LogP contribution in [-0.2, 0) is 13.0 Å². The van der Waals surface area contributed by atoms with Crippen molar-refractivity contribution in [3.05, 3.63) is 106 Å². The lowest BCUT2D eigenvalue weighted by molar-refractivity contribution is 0.626. The van der Waals surface area contributed by atoms with Crippen molar-refractivity contribution in [3.63, 3.8) is 0 Å². The van der Waals surface area contributed by atoms with Crippen LogP contribution in [0.15, 0.2) is 78.0 Å². The molecule has 2 aromatic heterocycles. The molecule has 0 saturated heterocycles. The van der Waals surface area contributed by atoms with Crippen LogP contribution in [0.4, 0.5) is 4.39 Å². The van der Waals surface area contributed by atoms with Crippen LogP contribution < -0.4 is 5.56 Å². The zero-order valence-corrected chi connectivity index (χ0v) is 15.0. The van der Waals surface area contributed by atoms with E-state index in [2.05, 4.69) is 21.8 Å². The van der Waals surface area contributed by atoms with Gasteiger partial charge in [-0.05, 0) is 35.2 Å². The number of hydrogen-bond donors (Lipinski definition) is 0. The zero-order chi connectivity index (χ0) is 19.3. The van der Waals surface area contributed by atoms with Crippen molar-refractivity contribution in [2.75, 3.05) is 0 Å². The summed E-state index contributed by atoms with van der Waals surface area (Å²) in [5, 5.41) is 0.462. The molecule has 5 heteroatoms. The van der Waals surface area contributed by atoms with Gasteiger partial charge in [-0.2, -0.15) is 0 Å². The monoisotopic (exact) mass is 369 g/mol. The van der Waals surface area contributed by atoms with Crippen LogP contribution in [0.25, 0.3) is 10.9 Å². The number of hydrogen-bond acceptors (Lipinski definition) is 3. The van der Waals surface area contributed by atoms with E-state index >= 15 is 0 Å². The Kier molecular flexibility index (Phi) is 4.94. The van der Waals surface area contributed by atoms with Gasteiger partial charge in [-0.3, -0.25) is 9.36 Å². The fraction of sp³-hybridized carbons (Fsp3) is 0.0870. The first kappa shape index (κ1) is 17.6. The number of halogens is 1. The molecule has 0 atom stereocenters. The second kappa shape index (κ2) is 7.85. The molecule has 0 spiro atoms. The van der Waals surface area contributed by atoms with Crippen LogP contribution in [0.3, 0.4) is 0 Å². The topological polar surface area (TPSA) is 47.8 Å². The second-order valence-corrected chi connectivity index (χ2v) is 6.35. The van der Waals surface area contributed by atoms with E-state index in [9.17, 15) is 9.18 Å². The van der Waals surface area contributed by atoms with Gasteiger partial charge in [0.15, 0.2) is 0 Å². The van der Waals surface area contributed by atoms with Gasteiger partial charge in [0.2, 0.25) is 0 Å². The first-order valence-corrected chi connectivity index (χ1v) is 8.81. The van der Waals surface area contributed by atoms with Crippen LogP contribution in [0.5, 0.6) is 0 Å². The minimum Gasteiger partial charge on any atom is -0.294 e. The molecule has 0 amide bonds. The normalized spacial score (nSPS) is 10.5. The van der Waals surface area contributed by atoms with E-state index < -0.39 is 0 Å². The average Bonchev–Trinajstić information content (AvgIpc) is 2.73. The lowest BCUT2D eigenvalue weighted by Gasteiger charge is -2.07. The summed E-state index contributed by atoms with van der Waals surface area (Å²) in [6.07, 6.45) is 3.66. The molecule has 0 bridgehead atoms. The second-order valence-electron chi connectivity index (χ2n) is 6.35. The third-order valence-electron chi connectivity index (χ3n) is 4.33. The molecule has 0 N–H and O–H groups in total. The van der Waals surface area contributed by atoms with Gasteiger partial charge in [0.1, 0.15) is 11.5 Å². The van der Waals surface area contributed by atoms with E-state index in [1.54, 1.807) is 24.4 Å². The van der Waals surface area contributed by atoms with Crippen molar-refractivity contribution in [2.45, 2.75) is 13.0 Å². The van der Waals surface area contributed by atoms with Crippen LogP contribution in [0, 0.1) is 17.7 Å². The van der Waals surface area contributed by atoms with Crippen LogP contribution in [-0.4, -0.2) is 14.5 Å². The van der Waals surface area contributed by atoms with E-state index in [0.717, 1.165) is 11.1 Å². The van der Waals surface area contributed by atoms with Crippen molar-refractivity contribution >= 4 is 10.9 Å². The summed E-state index contributed by atoms with van der Waals surface area (Å²) in [5.74, 6) is 5.79. The summed E-state index contributed by atoms with van der Waals surface area (Å²) in [4.78, 5) is 21.4. The Morgan fingerprint density at radius 3 is 2.54 bits per heavy atom. The molecule has 4 nitrogen and oxygen atoms in total. The third kappa shape index (κ3) is 3.97. The van der Waals surface area contributed by atoms with Crippen molar-refractivity contribution in [3.8, 4) is 11.8 Å². The van der Waals surface area contributed by atoms with Gasteiger partial charge in [-0.1, -0.05) is 48.4 Å². The van der Waals surface area contributed by atoms with Gasteiger partial charge in [-0.25, -0.2) is 14.4 Å². The third-order valence-corrected chi connectivity index (χ3v) is 4.33. The Hall–Kier alpha value is -3.78. The Bertz CT molecular complexity index is 1240. The first-order valence-electron chi connectivity index (χ1n) is 8.81.